The fraction of sp³-hybridized carbons (Fsp3) is 0.316. The SMILES string of the molecule is COc1ccc(NC(=O)Cn2cnc3sc4c(c3c2=O)CCC4)cc1OC. The minimum absolute atomic E-state index is 0.0965. The van der Waals surface area contributed by atoms with Crippen molar-refractivity contribution in [1.29, 1.82) is 0 Å². The number of nitrogens with one attached hydrogen (secondary N) is 1. The molecule has 8 heteroatoms. The zero-order chi connectivity index (χ0) is 19.0. The van der Waals surface area contributed by atoms with Crippen LogP contribution in [0.4, 0.5) is 5.69 Å². The first-order valence-corrected chi connectivity index (χ1v) is 9.44. The van der Waals surface area contributed by atoms with Gasteiger partial charge in [-0.2, -0.15) is 0 Å². The average molecular weight is 385 g/mol. The van der Waals surface area contributed by atoms with E-state index in [9.17, 15) is 9.59 Å². The molecule has 1 aliphatic carbocycles. The number of rotatable bonds is 5. The fourth-order valence-corrected chi connectivity index (χ4v) is 4.62. The predicted octanol–water partition coefficient (Wildman–Crippen LogP) is 2.60. The number of benzene rings is 1. The molecule has 0 fully saturated rings. The van der Waals surface area contributed by atoms with E-state index in [-0.39, 0.29) is 18.0 Å². The first-order chi connectivity index (χ1) is 13.1. The third-order valence-electron chi connectivity index (χ3n) is 4.67. The summed E-state index contributed by atoms with van der Waals surface area (Å²) in [5, 5.41) is 3.45. The van der Waals surface area contributed by atoms with E-state index in [4.69, 9.17) is 9.47 Å². The number of anilines is 1. The van der Waals surface area contributed by atoms with Crippen molar-refractivity contribution in [3.05, 3.63) is 45.3 Å². The van der Waals surface area contributed by atoms with Crippen LogP contribution in [0.25, 0.3) is 10.2 Å². The first kappa shape index (κ1) is 17.5. The molecule has 1 N–H and O–H groups in total. The zero-order valence-electron chi connectivity index (χ0n) is 15.1. The third kappa shape index (κ3) is 3.16. The summed E-state index contributed by atoms with van der Waals surface area (Å²) in [5.74, 6) is 0.786. The molecule has 2 heterocycles. The number of ether oxygens (including phenoxy) is 2. The first-order valence-electron chi connectivity index (χ1n) is 8.62. The Morgan fingerprint density at radius 2 is 2.07 bits per heavy atom. The molecule has 0 saturated carbocycles. The van der Waals surface area contributed by atoms with E-state index < -0.39 is 0 Å². The lowest BCUT2D eigenvalue weighted by Crippen LogP contribution is -2.28. The van der Waals surface area contributed by atoms with Gasteiger partial charge in [0.05, 0.1) is 25.9 Å². The molecule has 27 heavy (non-hydrogen) atoms. The maximum absolute atomic E-state index is 12.8. The Balaban J connectivity index is 1.56. The van der Waals surface area contributed by atoms with Gasteiger partial charge in [0.25, 0.3) is 5.56 Å². The summed E-state index contributed by atoms with van der Waals surface area (Å²) < 4.78 is 11.8. The van der Waals surface area contributed by atoms with Crippen LogP contribution < -0.4 is 20.3 Å². The van der Waals surface area contributed by atoms with Gasteiger partial charge in [0.15, 0.2) is 11.5 Å². The Hall–Kier alpha value is -2.87. The van der Waals surface area contributed by atoms with Crippen molar-refractivity contribution in [3.8, 4) is 11.5 Å². The van der Waals surface area contributed by atoms with E-state index in [1.807, 2.05) is 0 Å². The molecular weight excluding hydrogens is 366 g/mol. The molecule has 1 aromatic carbocycles. The van der Waals surface area contributed by atoms with Crippen molar-refractivity contribution in [2.75, 3.05) is 19.5 Å². The van der Waals surface area contributed by atoms with Gasteiger partial charge in [-0.15, -0.1) is 11.3 Å². The smallest absolute Gasteiger partial charge is 0.262 e. The zero-order valence-corrected chi connectivity index (χ0v) is 15.9. The molecule has 0 aliphatic heterocycles. The minimum Gasteiger partial charge on any atom is -0.493 e. The number of hydrogen-bond donors (Lipinski definition) is 1. The van der Waals surface area contributed by atoms with Gasteiger partial charge in [0, 0.05) is 16.6 Å². The van der Waals surface area contributed by atoms with Crippen LogP contribution in [0.1, 0.15) is 16.9 Å². The highest BCUT2D eigenvalue weighted by atomic mass is 32.1. The summed E-state index contributed by atoms with van der Waals surface area (Å²) >= 11 is 1.59. The molecular formula is C19H19N3O4S. The van der Waals surface area contributed by atoms with E-state index in [0.717, 1.165) is 29.7 Å². The second-order valence-corrected chi connectivity index (χ2v) is 7.42. The maximum atomic E-state index is 12.8. The van der Waals surface area contributed by atoms with Gasteiger partial charge in [-0.1, -0.05) is 0 Å². The molecule has 4 rings (SSSR count). The van der Waals surface area contributed by atoms with E-state index >= 15 is 0 Å². The van der Waals surface area contributed by atoms with Gasteiger partial charge >= 0.3 is 0 Å². The van der Waals surface area contributed by atoms with Crippen LogP contribution in [-0.4, -0.2) is 29.7 Å². The van der Waals surface area contributed by atoms with E-state index in [1.165, 1.54) is 22.9 Å². The van der Waals surface area contributed by atoms with Gasteiger partial charge in [-0.25, -0.2) is 4.98 Å². The van der Waals surface area contributed by atoms with Crippen LogP contribution >= 0.6 is 11.3 Å². The van der Waals surface area contributed by atoms with E-state index in [1.54, 1.807) is 36.6 Å². The number of thiophene rings is 1. The summed E-state index contributed by atoms with van der Waals surface area (Å²) in [6.07, 6.45) is 4.44. The highest BCUT2D eigenvalue weighted by molar-refractivity contribution is 7.18. The third-order valence-corrected chi connectivity index (χ3v) is 5.87. The van der Waals surface area contributed by atoms with Crippen molar-refractivity contribution in [2.24, 2.45) is 0 Å². The Morgan fingerprint density at radius 1 is 1.26 bits per heavy atom. The molecule has 2 aromatic heterocycles. The summed E-state index contributed by atoms with van der Waals surface area (Å²) in [6, 6.07) is 5.10. The second-order valence-electron chi connectivity index (χ2n) is 6.33. The number of aryl methyl sites for hydroxylation is 2. The highest BCUT2D eigenvalue weighted by Gasteiger charge is 2.21. The van der Waals surface area contributed by atoms with Gasteiger partial charge in [-0.3, -0.25) is 14.2 Å². The van der Waals surface area contributed by atoms with E-state index in [0.29, 0.717) is 22.6 Å². The molecule has 140 valence electrons. The largest absolute Gasteiger partial charge is 0.493 e. The van der Waals surface area contributed by atoms with Gasteiger partial charge < -0.3 is 14.8 Å². The molecule has 7 nitrogen and oxygen atoms in total. The molecule has 0 saturated heterocycles. The van der Waals surface area contributed by atoms with Gasteiger partial charge in [-0.05, 0) is 37.0 Å². The summed E-state index contributed by atoms with van der Waals surface area (Å²) in [6.45, 7) is -0.0965. The minimum atomic E-state index is -0.308. The lowest BCUT2D eigenvalue weighted by molar-refractivity contribution is -0.116. The maximum Gasteiger partial charge on any atom is 0.262 e. The number of hydrogen-bond acceptors (Lipinski definition) is 6. The monoisotopic (exact) mass is 385 g/mol. The van der Waals surface area contributed by atoms with Crippen LogP contribution in [0, 0.1) is 0 Å². The van der Waals surface area contributed by atoms with Crippen LogP contribution in [0.2, 0.25) is 0 Å². The quantitative estimate of drug-likeness (QED) is 0.730. The average Bonchev–Trinajstić information content (AvgIpc) is 3.25. The Morgan fingerprint density at radius 3 is 2.85 bits per heavy atom. The van der Waals surface area contributed by atoms with Crippen LogP contribution in [0.3, 0.4) is 0 Å². The molecule has 3 aromatic rings. The van der Waals surface area contributed by atoms with Crippen molar-refractivity contribution in [3.63, 3.8) is 0 Å². The number of amides is 1. The molecule has 0 spiro atoms. The fourth-order valence-electron chi connectivity index (χ4n) is 3.40. The summed E-state index contributed by atoms with van der Waals surface area (Å²) in [4.78, 5) is 31.7. The molecule has 1 amide bonds. The lowest BCUT2D eigenvalue weighted by Gasteiger charge is -2.11. The van der Waals surface area contributed by atoms with E-state index in [2.05, 4.69) is 10.3 Å². The molecule has 0 atom stereocenters. The van der Waals surface area contributed by atoms with Crippen molar-refractivity contribution in [2.45, 2.75) is 25.8 Å². The van der Waals surface area contributed by atoms with Gasteiger partial charge in [0.1, 0.15) is 11.4 Å². The predicted molar refractivity (Wildman–Crippen MR) is 104 cm³/mol. The van der Waals surface area contributed by atoms with Crippen molar-refractivity contribution in [1.82, 2.24) is 9.55 Å². The molecule has 0 radical (unpaired) electrons. The number of methoxy groups -OCH3 is 2. The van der Waals surface area contributed by atoms with Crippen LogP contribution in [-0.2, 0) is 24.2 Å². The summed E-state index contributed by atoms with van der Waals surface area (Å²) in [7, 11) is 3.08. The van der Waals surface area contributed by atoms with Crippen LogP contribution in [0.15, 0.2) is 29.3 Å². The highest BCUT2D eigenvalue weighted by Crippen LogP contribution is 2.34. The second kappa shape index (κ2) is 7.03. The van der Waals surface area contributed by atoms with Crippen molar-refractivity contribution < 1.29 is 14.3 Å². The molecule has 0 unspecified atom stereocenters. The Kier molecular flexibility index (Phi) is 4.57. The lowest BCUT2D eigenvalue weighted by atomic mass is 10.2. The van der Waals surface area contributed by atoms with Crippen LogP contribution in [0.5, 0.6) is 11.5 Å². The van der Waals surface area contributed by atoms with Crippen molar-refractivity contribution >= 4 is 33.1 Å². The molecule has 0 bridgehead atoms. The molecule has 1 aliphatic rings. The normalized spacial score (nSPS) is 12.8. The standard InChI is InChI=1S/C19H19N3O4S/c1-25-13-7-6-11(8-14(13)26-2)21-16(23)9-22-10-20-18-17(19(22)24)12-4-3-5-15(12)27-18/h6-8,10H,3-5,9H2,1-2H3,(H,21,23). The Bertz CT molecular complexity index is 1090. The van der Waals surface area contributed by atoms with Gasteiger partial charge in [0.2, 0.25) is 5.91 Å². The number of carbonyl (C=O) groups excluding carboxylic acids is 1. The number of nitrogens with zero attached hydrogens (tertiary/aromatic N) is 2. The number of aromatic nitrogens is 2. The number of carbonyl (C=O) groups is 1. The number of fused-ring (bicyclic) bond motifs is 3. The topological polar surface area (TPSA) is 82.5 Å². The Labute approximate surface area is 159 Å². The summed E-state index contributed by atoms with van der Waals surface area (Å²) in [5.41, 5.74) is 1.53.